The zero-order valence-corrected chi connectivity index (χ0v) is 16.1. The van der Waals surface area contributed by atoms with Crippen LogP contribution >= 0.6 is 0 Å². The van der Waals surface area contributed by atoms with Gasteiger partial charge in [0.1, 0.15) is 0 Å². The molecule has 2 N–H and O–H groups in total. The van der Waals surface area contributed by atoms with E-state index in [-0.39, 0.29) is 0 Å². The Bertz CT molecular complexity index is 730. The van der Waals surface area contributed by atoms with Crippen molar-refractivity contribution < 1.29 is 0 Å². The largest absolute Gasteiger partial charge is 0.347 e. The fourth-order valence-corrected chi connectivity index (χ4v) is 3.66. The molecule has 0 amide bonds. The predicted octanol–water partition coefficient (Wildman–Crippen LogP) is 2.34. The fraction of sp³-hybridized carbons (Fsp3) is 0.550. The molecule has 0 fully saturated rings. The van der Waals surface area contributed by atoms with Crippen molar-refractivity contribution in [1.82, 2.24) is 19.9 Å². The topological polar surface area (TPSA) is 71.2 Å². The Kier molecular flexibility index (Phi) is 6.16. The van der Waals surface area contributed by atoms with Crippen molar-refractivity contribution in [3.8, 4) is 0 Å². The van der Waals surface area contributed by atoms with E-state index >= 15 is 0 Å². The van der Waals surface area contributed by atoms with Crippen molar-refractivity contribution in [3.05, 3.63) is 47.0 Å². The van der Waals surface area contributed by atoms with Crippen LogP contribution in [0.15, 0.2) is 24.5 Å². The molecule has 0 spiro atoms. The van der Waals surface area contributed by atoms with Crippen LogP contribution in [0.1, 0.15) is 47.8 Å². The molecule has 0 aromatic carbocycles. The van der Waals surface area contributed by atoms with Crippen LogP contribution in [0.4, 0.5) is 5.95 Å². The van der Waals surface area contributed by atoms with Crippen LogP contribution in [0, 0.1) is 0 Å². The summed E-state index contributed by atoms with van der Waals surface area (Å²) in [4.78, 5) is 18.3. The Balaban J connectivity index is 1.82. The minimum atomic E-state index is 0.357. The molecule has 2 aromatic rings. The lowest BCUT2D eigenvalue weighted by Gasteiger charge is -2.32. The fourth-order valence-electron chi connectivity index (χ4n) is 3.66. The molecule has 26 heavy (non-hydrogen) atoms. The van der Waals surface area contributed by atoms with E-state index in [1.807, 2.05) is 37.5 Å². The van der Waals surface area contributed by atoms with E-state index < -0.39 is 0 Å². The van der Waals surface area contributed by atoms with Crippen LogP contribution in [0.5, 0.6) is 0 Å². The van der Waals surface area contributed by atoms with Crippen molar-refractivity contribution in [2.24, 2.45) is 5.73 Å². The van der Waals surface area contributed by atoms with E-state index in [2.05, 4.69) is 28.0 Å². The van der Waals surface area contributed by atoms with E-state index in [4.69, 9.17) is 10.7 Å². The molecule has 0 saturated carbocycles. The third-order valence-corrected chi connectivity index (χ3v) is 5.08. The predicted molar refractivity (Wildman–Crippen MR) is 105 cm³/mol. The number of aryl methyl sites for hydroxylation is 2. The highest BCUT2D eigenvalue weighted by atomic mass is 15.2. The zero-order valence-electron chi connectivity index (χ0n) is 16.1. The molecule has 1 aliphatic carbocycles. The number of pyridine rings is 1. The van der Waals surface area contributed by atoms with Gasteiger partial charge < -0.3 is 10.6 Å². The molecule has 6 heteroatoms. The number of nitrogens with zero attached hydrogens (tertiary/aromatic N) is 5. The normalized spacial score (nSPS) is 16.6. The lowest BCUT2D eigenvalue weighted by atomic mass is 9.91. The summed E-state index contributed by atoms with van der Waals surface area (Å²) in [5.74, 6) is 0.758. The summed E-state index contributed by atoms with van der Waals surface area (Å²) in [7, 11) is 6.12. The number of hydrogen-bond donors (Lipinski definition) is 1. The van der Waals surface area contributed by atoms with Crippen molar-refractivity contribution in [1.29, 1.82) is 0 Å². The van der Waals surface area contributed by atoms with E-state index in [0.29, 0.717) is 12.6 Å². The van der Waals surface area contributed by atoms with Gasteiger partial charge in [-0.2, -0.15) is 0 Å². The van der Waals surface area contributed by atoms with Gasteiger partial charge in [0.05, 0.1) is 17.4 Å². The van der Waals surface area contributed by atoms with Gasteiger partial charge in [0.15, 0.2) is 0 Å². The number of nitrogens with two attached hydrogens (primary N) is 1. The highest BCUT2D eigenvalue weighted by molar-refractivity contribution is 5.32. The summed E-state index contributed by atoms with van der Waals surface area (Å²) in [6, 6.07) is 4.61. The average Bonchev–Trinajstić information content (AvgIpc) is 2.66. The highest BCUT2D eigenvalue weighted by Crippen LogP contribution is 2.32. The van der Waals surface area contributed by atoms with Crippen LogP contribution in [0.25, 0.3) is 0 Å². The second kappa shape index (κ2) is 8.56. The van der Waals surface area contributed by atoms with Gasteiger partial charge in [0, 0.05) is 38.6 Å². The lowest BCUT2D eigenvalue weighted by Crippen LogP contribution is -2.29. The second-order valence-electron chi connectivity index (χ2n) is 7.30. The molecule has 0 aliphatic heterocycles. The van der Waals surface area contributed by atoms with Gasteiger partial charge in [0.25, 0.3) is 0 Å². The highest BCUT2D eigenvalue weighted by Gasteiger charge is 2.25. The molecule has 3 rings (SSSR count). The first-order valence-corrected chi connectivity index (χ1v) is 9.46. The number of hydrogen-bond acceptors (Lipinski definition) is 6. The maximum absolute atomic E-state index is 5.72. The van der Waals surface area contributed by atoms with Crippen LogP contribution in [0.3, 0.4) is 0 Å². The quantitative estimate of drug-likeness (QED) is 0.823. The molecular weight excluding hydrogens is 324 g/mol. The van der Waals surface area contributed by atoms with Gasteiger partial charge in [-0.3, -0.25) is 9.88 Å². The molecule has 0 bridgehead atoms. The summed E-state index contributed by atoms with van der Waals surface area (Å²) < 4.78 is 0. The maximum atomic E-state index is 5.72. The Hall–Kier alpha value is -2.05. The summed E-state index contributed by atoms with van der Waals surface area (Å²) in [5.41, 5.74) is 10.6. The van der Waals surface area contributed by atoms with Crippen molar-refractivity contribution >= 4 is 5.95 Å². The monoisotopic (exact) mass is 354 g/mol. The molecule has 1 atom stereocenters. The summed E-state index contributed by atoms with van der Waals surface area (Å²) in [6.07, 6.45) is 9.21. The summed E-state index contributed by atoms with van der Waals surface area (Å²) in [5, 5.41) is 0. The van der Waals surface area contributed by atoms with Gasteiger partial charge in [-0.05, 0) is 57.3 Å². The standard InChI is InChI=1S/C20H30N6/c1-25(2)20-23-13-16(17(24-20)9-5-11-21)14-26(3)18-10-4-7-15-8-6-12-22-19(15)18/h6,8,12-13,18H,4-5,7,9-11,14,21H2,1-3H3. The Morgan fingerprint density at radius 3 is 2.85 bits per heavy atom. The molecule has 2 heterocycles. The van der Waals surface area contributed by atoms with Gasteiger partial charge in [-0.15, -0.1) is 0 Å². The third kappa shape index (κ3) is 4.19. The molecule has 140 valence electrons. The molecule has 0 radical (unpaired) electrons. The number of anilines is 1. The second-order valence-corrected chi connectivity index (χ2v) is 7.30. The number of aromatic nitrogens is 3. The number of rotatable bonds is 7. The first-order chi connectivity index (χ1) is 12.6. The average molecular weight is 355 g/mol. The van der Waals surface area contributed by atoms with Gasteiger partial charge in [-0.1, -0.05) is 6.07 Å². The van der Waals surface area contributed by atoms with E-state index in [1.165, 1.54) is 23.2 Å². The van der Waals surface area contributed by atoms with Crippen molar-refractivity contribution in [2.75, 3.05) is 32.6 Å². The minimum absolute atomic E-state index is 0.357. The van der Waals surface area contributed by atoms with Crippen LogP contribution < -0.4 is 10.6 Å². The Labute approximate surface area is 156 Å². The molecule has 1 aliphatic rings. The first-order valence-electron chi connectivity index (χ1n) is 9.46. The van der Waals surface area contributed by atoms with Crippen LogP contribution in [-0.2, 0) is 19.4 Å². The summed E-state index contributed by atoms with van der Waals surface area (Å²) in [6.45, 7) is 1.50. The number of fused-ring (bicyclic) bond motifs is 1. The molecule has 0 saturated heterocycles. The van der Waals surface area contributed by atoms with Crippen LogP contribution in [0.2, 0.25) is 0 Å². The van der Waals surface area contributed by atoms with Gasteiger partial charge in [-0.25, -0.2) is 9.97 Å². The first kappa shape index (κ1) is 18.7. The van der Waals surface area contributed by atoms with Gasteiger partial charge in [0.2, 0.25) is 5.95 Å². The maximum Gasteiger partial charge on any atom is 0.225 e. The lowest BCUT2D eigenvalue weighted by molar-refractivity contribution is 0.207. The summed E-state index contributed by atoms with van der Waals surface area (Å²) >= 11 is 0. The molecule has 1 unspecified atom stereocenters. The Morgan fingerprint density at radius 2 is 2.08 bits per heavy atom. The van der Waals surface area contributed by atoms with Crippen LogP contribution in [-0.4, -0.2) is 47.5 Å². The molecule has 2 aromatic heterocycles. The van der Waals surface area contributed by atoms with Crippen molar-refractivity contribution in [2.45, 2.75) is 44.7 Å². The van der Waals surface area contributed by atoms with E-state index in [0.717, 1.165) is 43.9 Å². The van der Waals surface area contributed by atoms with Crippen molar-refractivity contribution in [3.63, 3.8) is 0 Å². The smallest absolute Gasteiger partial charge is 0.225 e. The minimum Gasteiger partial charge on any atom is -0.347 e. The SMILES string of the molecule is CN(C)c1ncc(CN(C)C2CCCc3cccnc32)c(CCCN)n1. The van der Waals surface area contributed by atoms with Gasteiger partial charge >= 0.3 is 0 Å². The van der Waals surface area contributed by atoms with E-state index in [9.17, 15) is 0 Å². The molecular formula is C20H30N6. The molecule has 6 nitrogen and oxygen atoms in total. The van der Waals surface area contributed by atoms with E-state index in [1.54, 1.807) is 0 Å². The zero-order chi connectivity index (χ0) is 18.5. The Morgan fingerprint density at radius 1 is 1.23 bits per heavy atom. The third-order valence-electron chi connectivity index (χ3n) is 5.08.